The fourth-order valence-corrected chi connectivity index (χ4v) is 2.74. The Morgan fingerprint density at radius 2 is 2.37 bits per heavy atom. The number of aromatic nitrogens is 1. The van der Waals surface area contributed by atoms with Gasteiger partial charge in [0.25, 0.3) is 0 Å². The Bertz CT molecular complexity index is 618. The van der Waals surface area contributed by atoms with Crippen molar-refractivity contribution in [3.63, 3.8) is 0 Å². The maximum atomic E-state index is 12.0. The minimum absolute atomic E-state index is 0.0594. The van der Waals surface area contributed by atoms with E-state index < -0.39 is 0 Å². The summed E-state index contributed by atoms with van der Waals surface area (Å²) in [6.07, 6.45) is 2.41. The van der Waals surface area contributed by atoms with Crippen LogP contribution in [-0.2, 0) is 4.79 Å². The second kappa shape index (κ2) is 4.62. The van der Waals surface area contributed by atoms with Gasteiger partial charge in [-0.3, -0.25) is 9.59 Å². The van der Waals surface area contributed by atoms with E-state index in [1.54, 1.807) is 11.6 Å². The highest BCUT2D eigenvalue weighted by molar-refractivity contribution is 7.14. The van der Waals surface area contributed by atoms with Crippen LogP contribution in [0.2, 0.25) is 0 Å². The highest BCUT2D eigenvalue weighted by Crippen LogP contribution is 2.48. The Kier molecular flexibility index (Phi) is 2.94. The molecule has 1 amide bonds. The van der Waals surface area contributed by atoms with E-state index in [9.17, 15) is 9.59 Å². The van der Waals surface area contributed by atoms with Crippen LogP contribution in [0.5, 0.6) is 0 Å². The number of nitrogens with zero attached hydrogens (tertiary/aromatic N) is 1. The van der Waals surface area contributed by atoms with Crippen LogP contribution >= 0.6 is 11.3 Å². The van der Waals surface area contributed by atoms with Crippen molar-refractivity contribution in [3.8, 4) is 0 Å². The first-order valence-corrected chi connectivity index (χ1v) is 6.84. The molecule has 0 radical (unpaired) electrons. The summed E-state index contributed by atoms with van der Waals surface area (Å²) in [5, 5.41) is 4.87. The lowest BCUT2D eigenvalue weighted by Crippen LogP contribution is -2.14. The van der Waals surface area contributed by atoms with Gasteiger partial charge in [-0.25, -0.2) is 4.98 Å². The maximum Gasteiger partial charge on any atom is 0.230 e. The zero-order chi connectivity index (χ0) is 13.4. The molecule has 0 aromatic carbocycles. The molecule has 0 spiro atoms. The maximum absolute atomic E-state index is 12.0. The number of hydrogen-bond donors (Lipinski definition) is 1. The van der Waals surface area contributed by atoms with Gasteiger partial charge in [0, 0.05) is 24.1 Å². The van der Waals surface area contributed by atoms with Gasteiger partial charge in [0.15, 0.2) is 10.9 Å². The summed E-state index contributed by atoms with van der Waals surface area (Å²) in [6, 6.07) is 3.71. The summed E-state index contributed by atoms with van der Waals surface area (Å²) in [7, 11) is 0. The molecule has 2 aromatic heterocycles. The highest BCUT2D eigenvalue weighted by Gasteiger charge is 2.46. The van der Waals surface area contributed by atoms with Gasteiger partial charge in [0.2, 0.25) is 5.91 Å². The fourth-order valence-electron chi connectivity index (χ4n) is 1.99. The molecule has 2 unspecified atom stereocenters. The van der Waals surface area contributed by atoms with E-state index in [1.165, 1.54) is 18.3 Å². The topological polar surface area (TPSA) is 72.2 Å². The van der Waals surface area contributed by atoms with Crippen LogP contribution < -0.4 is 5.32 Å². The van der Waals surface area contributed by atoms with E-state index in [-0.39, 0.29) is 23.5 Å². The molecule has 1 saturated carbocycles. The predicted octanol–water partition coefficient (Wildman–Crippen LogP) is 2.68. The normalized spacial score (nSPS) is 21.1. The first-order valence-electron chi connectivity index (χ1n) is 5.96. The number of furan rings is 1. The monoisotopic (exact) mass is 276 g/mol. The first-order chi connectivity index (χ1) is 9.15. The Morgan fingerprint density at radius 3 is 3.00 bits per heavy atom. The van der Waals surface area contributed by atoms with Gasteiger partial charge >= 0.3 is 0 Å². The summed E-state index contributed by atoms with van der Waals surface area (Å²) in [5.41, 5.74) is 0.388. The Morgan fingerprint density at radius 1 is 1.53 bits per heavy atom. The lowest BCUT2D eigenvalue weighted by atomic mass is 10.2. The second-order valence-electron chi connectivity index (χ2n) is 4.55. The van der Waals surface area contributed by atoms with Crippen LogP contribution in [0.1, 0.15) is 35.5 Å². The molecule has 5 nitrogen and oxygen atoms in total. The molecule has 1 N–H and O–H groups in total. The van der Waals surface area contributed by atoms with Crippen molar-refractivity contribution in [2.75, 3.05) is 5.32 Å². The molecule has 0 bridgehead atoms. The van der Waals surface area contributed by atoms with E-state index in [0.29, 0.717) is 10.8 Å². The van der Waals surface area contributed by atoms with Crippen molar-refractivity contribution in [3.05, 3.63) is 35.2 Å². The number of anilines is 1. The highest BCUT2D eigenvalue weighted by atomic mass is 32.1. The largest absolute Gasteiger partial charge is 0.469 e. The van der Waals surface area contributed by atoms with E-state index in [2.05, 4.69) is 10.3 Å². The third-order valence-electron chi connectivity index (χ3n) is 3.13. The van der Waals surface area contributed by atoms with Crippen molar-refractivity contribution in [2.45, 2.75) is 19.3 Å². The number of hydrogen-bond acceptors (Lipinski definition) is 5. The summed E-state index contributed by atoms with van der Waals surface area (Å²) in [5.74, 6) is 0.796. The van der Waals surface area contributed by atoms with Crippen LogP contribution in [-0.4, -0.2) is 16.7 Å². The molecule has 2 heterocycles. The molecule has 1 aliphatic carbocycles. The van der Waals surface area contributed by atoms with Crippen LogP contribution in [0.15, 0.2) is 28.2 Å². The zero-order valence-corrected chi connectivity index (χ0v) is 11.1. The molecule has 98 valence electrons. The van der Waals surface area contributed by atoms with Gasteiger partial charge in [-0.2, -0.15) is 0 Å². The molecule has 0 saturated heterocycles. The average molecular weight is 276 g/mol. The quantitative estimate of drug-likeness (QED) is 0.871. The van der Waals surface area contributed by atoms with Gasteiger partial charge < -0.3 is 9.73 Å². The summed E-state index contributed by atoms with van der Waals surface area (Å²) < 4.78 is 5.29. The number of thiazole rings is 1. The van der Waals surface area contributed by atoms with Crippen molar-refractivity contribution in [1.29, 1.82) is 0 Å². The summed E-state index contributed by atoms with van der Waals surface area (Å²) >= 11 is 1.26. The molecule has 2 aromatic rings. The summed E-state index contributed by atoms with van der Waals surface area (Å²) in [4.78, 5) is 27.2. The van der Waals surface area contributed by atoms with Gasteiger partial charge in [-0.1, -0.05) is 0 Å². The van der Waals surface area contributed by atoms with Crippen LogP contribution in [0.4, 0.5) is 5.13 Å². The minimum Gasteiger partial charge on any atom is -0.469 e. The number of amides is 1. The Labute approximate surface area is 113 Å². The molecular formula is C13H12N2O3S. The number of rotatable bonds is 4. The molecule has 3 rings (SSSR count). The van der Waals surface area contributed by atoms with Crippen molar-refractivity contribution in [1.82, 2.24) is 4.98 Å². The number of carbonyl (C=O) groups excluding carboxylic acids is 2. The Hall–Kier alpha value is -1.95. The number of carbonyl (C=O) groups is 2. The van der Waals surface area contributed by atoms with Crippen molar-refractivity contribution < 1.29 is 14.0 Å². The van der Waals surface area contributed by atoms with Gasteiger partial charge in [0.1, 0.15) is 11.5 Å². The summed E-state index contributed by atoms with van der Waals surface area (Å²) in [6.45, 7) is 1.45. The number of Topliss-reactive ketones (excluding diaryl/α,β-unsaturated/α-hetero) is 1. The standard InChI is InChI=1S/C13H12N2O3S/c1-7(16)10-6-19-13(14-10)15-12(17)9-5-8(9)11-3-2-4-18-11/h2-4,6,8-9H,5H2,1H3,(H,14,15,17). The average Bonchev–Trinajstić information content (AvgIpc) is 2.79. The van der Waals surface area contributed by atoms with E-state index in [0.717, 1.165) is 12.2 Å². The van der Waals surface area contributed by atoms with E-state index in [1.807, 2.05) is 12.1 Å². The van der Waals surface area contributed by atoms with E-state index in [4.69, 9.17) is 4.42 Å². The second-order valence-corrected chi connectivity index (χ2v) is 5.41. The SMILES string of the molecule is CC(=O)c1csc(NC(=O)C2CC2c2ccco2)n1. The van der Waals surface area contributed by atoms with Crippen LogP contribution in [0, 0.1) is 5.92 Å². The first kappa shape index (κ1) is 12.1. The molecular weight excluding hydrogens is 264 g/mol. The third-order valence-corrected chi connectivity index (χ3v) is 3.89. The predicted molar refractivity (Wildman–Crippen MR) is 70.3 cm³/mol. The van der Waals surface area contributed by atoms with Crippen molar-refractivity contribution in [2.24, 2.45) is 5.92 Å². The molecule has 19 heavy (non-hydrogen) atoms. The lowest BCUT2D eigenvalue weighted by Gasteiger charge is -1.99. The molecule has 6 heteroatoms. The minimum atomic E-state index is -0.100. The fraction of sp³-hybridized carbons (Fsp3) is 0.308. The molecule has 1 fully saturated rings. The van der Waals surface area contributed by atoms with Gasteiger partial charge in [0.05, 0.1) is 6.26 Å². The lowest BCUT2D eigenvalue weighted by molar-refractivity contribution is -0.117. The number of ketones is 1. The number of nitrogens with one attached hydrogen (secondary N) is 1. The van der Waals surface area contributed by atoms with E-state index >= 15 is 0 Å². The smallest absolute Gasteiger partial charge is 0.230 e. The Balaban J connectivity index is 1.62. The van der Waals surface area contributed by atoms with Crippen LogP contribution in [0.3, 0.4) is 0 Å². The molecule has 0 aliphatic heterocycles. The van der Waals surface area contributed by atoms with Crippen molar-refractivity contribution >= 4 is 28.2 Å². The third kappa shape index (κ3) is 2.44. The molecule has 2 atom stereocenters. The molecule has 1 aliphatic rings. The van der Waals surface area contributed by atoms with Gasteiger partial charge in [-0.05, 0) is 18.6 Å². The zero-order valence-electron chi connectivity index (χ0n) is 10.3. The van der Waals surface area contributed by atoms with Gasteiger partial charge in [-0.15, -0.1) is 11.3 Å². The van der Waals surface area contributed by atoms with Crippen LogP contribution in [0.25, 0.3) is 0 Å².